The minimum atomic E-state index is 0.236. The molecule has 1 unspecified atom stereocenters. The molecule has 1 aliphatic rings. The van der Waals surface area contributed by atoms with Crippen molar-refractivity contribution in [1.29, 1.82) is 0 Å². The molecule has 3 rings (SSSR count). The average Bonchev–Trinajstić information content (AvgIpc) is 2.89. The van der Waals surface area contributed by atoms with Crippen LogP contribution in [0.25, 0.3) is 11.5 Å². The van der Waals surface area contributed by atoms with Gasteiger partial charge in [0, 0.05) is 29.7 Å². The van der Waals surface area contributed by atoms with Crippen LogP contribution in [-0.4, -0.2) is 40.9 Å². The first-order valence-electron chi connectivity index (χ1n) is 6.07. The third kappa shape index (κ3) is 3.17. The quantitative estimate of drug-likeness (QED) is 0.920. The summed E-state index contributed by atoms with van der Waals surface area (Å²) in [6.45, 7) is 2.29. The Balaban J connectivity index is 1.70. The molecule has 1 saturated heterocycles. The number of halogens is 1. The van der Waals surface area contributed by atoms with E-state index in [2.05, 4.69) is 36.4 Å². The van der Waals surface area contributed by atoms with Gasteiger partial charge in [0.25, 0.3) is 0 Å². The molecule has 0 aliphatic carbocycles. The highest BCUT2D eigenvalue weighted by Gasteiger charge is 2.18. The average molecular weight is 325 g/mol. The molecule has 0 radical (unpaired) electrons. The van der Waals surface area contributed by atoms with Crippen molar-refractivity contribution in [2.75, 3.05) is 19.8 Å². The van der Waals surface area contributed by atoms with Crippen LogP contribution < -0.4 is 5.32 Å². The minimum absolute atomic E-state index is 0.236. The summed E-state index contributed by atoms with van der Waals surface area (Å²) in [5, 5.41) is 7.30. The zero-order valence-corrected chi connectivity index (χ0v) is 11.8. The van der Waals surface area contributed by atoms with Gasteiger partial charge in [0.1, 0.15) is 5.69 Å². The van der Waals surface area contributed by atoms with E-state index in [0.717, 1.165) is 17.6 Å². The Labute approximate surface area is 118 Å². The number of rotatable bonds is 3. The second-order valence-electron chi connectivity index (χ2n) is 4.30. The van der Waals surface area contributed by atoms with Gasteiger partial charge in [-0.1, -0.05) is 5.16 Å². The van der Waals surface area contributed by atoms with Crippen molar-refractivity contribution in [3.63, 3.8) is 0 Å². The molecule has 1 fully saturated rings. The molecular weight excluding hydrogens is 312 g/mol. The lowest BCUT2D eigenvalue weighted by Gasteiger charge is -2.22. The number of nitrogens with zero attached hydrogens (tertiary/aromatic N) is 3. The Morgan fingerprint density at radius 1 is 1.42 bits per heavy atom. The van der Waals surface area contributed by atoms with Crippen LogP contribution in [0.2, 0.25) is 0 Å². The second kappa shape index (κ2) is 5.77. The summed E-state index contributed by atoms with van der Waals surface area (Å²) in [5.41, 5.74) is 0.700. The molecule has 0 aromatic carbocycles. The maximum absolute atomic E-state index is 5.39. The molecule has 2 aromatic rings. The Morgan fingerprint density at radius 2 is 2.37 bits per heavy atom. The van der Waals surface area contributed by atoms with Crippen LogP contribution >= 0.6 is 15.9 Å². The Morgan fingerprint density at radius 3 is 3.11 bits per heavy atom. The van der Waals surface area contributed by atoms with Crippen molar-refractivity contribution in [2.24, 2.45) is 0 Å². The minimum Gasteiger partial charge on any atom is -0.378 e. The highest BCUT2D eigenvalue weighted by Crippen LogP contribution is 2.16. The van der Waals surface area contributed by atoms with E-state index in [-0.39, 0.29) is 6.04 Å². The first kappa shape index (κ1) is 12.7. The van der Waals surface area contributed by atoms with E-state index < -0.39 is 0 Å². The SMILES string of the molecule is Brc1ccc(-c2noc(CC3COCCN3)n2)nc1. The van der Waals surface area contributed by atoms with Crippen molar-refractivity contribution >= 4 is 15.9 Å². The predicted octanol–water partition coefficient (Wildman–Crippen LogP) is 1.42. The lowest BCUT2D eigenvalue weighted by molar-refractivity contribution is 0.0744. The summed E-state index contributed by atoms with van der Waals surface area (Å²) in [6.07, 6.45) is 2.38. The van der Waals surface area contributed by atoms with Crippen LogP contribution in [0.1, 0.15) is 5.89 Å². The summed E-state index contributed by atoms with van der Waals surface area (Å²) in [6, 6.07) is 3.98. The molecule has 6 nitrogen and oxygen atoms in total. The van der Waals surface area contributed by atoms with E-state index in [1.54, 1.807) is 6.20 Å². The third-order valence-electron chi connectivity index (χ3n) is 2.84. The van der Waals surface area contributed by atoms with E-state index in [1.165, 1.54) is 0 Å². The molecule has 1 atom stereocenters. The van der Waals surface area contributed by atoms with Gasteiger partial charge in [0.2, 0.25) is 11.7 Å². The van der Waals surface area contributed by atoms with E-state index in [1.807, 2.05) is 12.1 Å². The standard InChI is InChI=1S/C12H13BrN4O2/c13-8-1-2-10(15-6-8)12-16-11(19-17-12)5-9-7-18-4-3-14-9/h1-2,6,9,14H,3-5,7H2. The zero-order chi connectivity index (χ0) is 13.1. The fraction of sp³-hybridized carbons (Fsp3) is 0.417. The maximum atomic E-state index is 5.39. The van der Waals surface area contributed by atoms with Gasteiger partial charge in [-0.3, -0.25) is 4.98 Å². The third-order valence-corrected chi connectivity index (χ3v) is 3.31. The molecule has 2 aromatic heterocycles. The maximum Gasteiger partial charge on any atom is 0.228 e. The molecule has 1 N–H and O–H groups in total. The monoisotopic (exact) mass is 324 g/mol. The molecule has 1 aliphatic heterocycles. The van der Waals surface area contributed by atoms with Gasteiger partial charge in [-0.15, -0.1) is 0 Å². The van der Waals surface area contributed by atoms with E-state index in [9.17, 15) is 0 Å². The number of ether oxygens (including phenoxy) is 1. The Kier molecular flexibility index (Phi) is 3.86. The molecular formula is C12H13BrN4O2. The molecule has 100 valence electrons. The number of pyridine rings is 1. The fourth-order valence-corrected chi connectivity index (χ4v) is 2.15. The molecule has 0 amide bonds. The van der Waals surface area contributed by atoms with Gasteiger partial charge in [0.05, 0.1) is 13.2 Å². The van der Waals surface area contributed by atoms with E-state index >= 15 is 0 Å². The van der Waals surface area contributed by atoms with Crippen LogP contribution in [0.3, 0.4) is 0 Å². The molecule has 7 heteroatoms. The van der Waals surface area contributed by atoms with Crippen LogP contribution in [0.5, 0.6) is 0 Å². The number of hydrogen-bond acceptors (Lipinski definition) is 6. The highest BCUT2D eigenvalue weighted by atomic mass is 79.9. The summed E-state index contributed by atoms with van der Waals surface area (Å²) in [7, 11) is 0. The first-order chi connectivity index (χ1) is 9.31. The van der Waals surface area contributed by atoms with Crippen molar-refractivity contribution in [3.8, 4) is 11.5 Å². The summed E-state index contributed by atoms with van der Waals surface area (Å²) in [5.74, 6) is 1.11. The lowest BCUT2D eigenvalue weighted by atomic mass is 10.2. The Hall–Kier alpha value is -1.31. The molecule has 3 heterocycles. The number of aromatic nitrogens is 3. The molecule has 0 spiro atoms. The van der Waals surface area contributed by atoms with Crippen molar-refractivity contribution < 1.29 is 9.26 Å². The van der Waals surface area contributed by atoms with Crippen LogP contribution in [-0.2, 0) is 11.2 Å². The first-order valence-corrected chi connectivity index (χ1v) is 6.86. The summed E-state index contributed by atoms with van der Waals surface area (Å²) < 4.78 is 11.6. The van der Waals surface area contributed by atoms with Gasteiger partial charge >= 0.3 is 0 Å². The lowest BCUT2D eigenvalue weighted by Crippen LogP contribution is -2.42. The van der Waals surface area contributed by atoms with Gasteiger partial charge in [-0.2, -0.15) is 4.98 Å². The predicted molar refractivity (Wildman–Crippen MR) is 71.5 cm³/mol. The number of morpholine rings is 1. The van der Waals surface area contributed by atoms with E-state index in [0.29, 0.717) is 30.4 Å². The smallest absolute Gasteiger partial charge is 0.228 e. The van der Waals surface area contributed by atoms with Gasteiger partial charge < -0.3 is 14.6 Å². The molecule has 0 bridgehead atoms. The summed E-state index contributed by atoms with van der Waals surface area (Å²) >= 11 is 3.34. The van der Waals surface area contributed by atoms with Gasteiger partial charge in [-0.25, -0.2) is 0 Å². The van der Waals surface area contributed by atoms with E-state index in [4.69, 9.17) is 9.26 Å². The van der Waals surface area contributed by atoms with Gasteiger partial charge in [-0.05, 0) is 28.1 Å². The van der Waals surface area contributed by atoms with Crippen molar-refractivity contribution in [1.82, 2.24) is 20.4 Å². The van der Waals surface area contributed by atoms with Gasteiger partial charge in [0.15, 0.2) is 0 Å². The topological polar surface area (TPSA) is 73.1 Å². The normalized spacial score (nSPS) is 19.5. The molecule has 19 heavy (non-hydrogen) atoms. The fourth-order valence-electron chi connectivity index (χ4n) is 1.91. The largest absolute Gasteiger partial charge is 0.378 e. The zero-order valence-electron chi connectivity index (χ0n) is 10.2. The Bertz CT molecular complexity index is 537. The second-order valence-corrected chi connectivity index (χ2v) is 5.22. The number of nitrogens with one attached hydrogen (secondary N) is 1. The number of hydrogen-bond donors (Lipinski definition) is 1. The van der Waals surface area contributed by atoms with Crippen LogP contribution in [0.4, 0.5) is 0 Å². The van der Waals surface area contributed by atoms with Crippen molar-refractivity contribution in [3.05, 3.63) is 28.7 Å². The highest BCUT2D eigenvalue weighted by molar-refractivity contribution is 9.10. The van der Waals surface area contributed by atoms with Crippen molar-refractivity contribution in [2.45, 2.75) is 12.5 Å². The summed E-state index contributed by atoms with van der Waals surface area (Å²) in [4.78, 5) is 8.59. The van der Waals surface area contributed by atoms with Crippen LogP contribution in [0.15, 0.2) is 27.3 Å². The van der Waals surface area contributed by atoms with Crippen LogP contribution in [0, 0.1) is 0 Å². The molecule has 0 saturated carbocycles.